The van der Waals surface area contributed by atoms with E-state index in [1.54, 1.807) is 61.5 Å². The zero-order valence-corrected chi connectivity index (χ0v) is 29.3. The largest absolute Gasteiger partial charge is 0.492 e. The predicted octanol–water partition coefficient (Wildman–Crippen LogP) is 6.82. The van der Waals surface area contributed by atoms with Crippen LogP contribution in [0.2, 0.25) is 5.02 Å². The highest BCUT2D eigenvalue weighted by atomic mass is 35.5. The van der Waals surface area contributed by atoms with Gasteiger partial charge in [0.25, 0.3) is 10.0 Å². The number of ether oxygens (including phenoxy) is 1. The molecule has 2 amide bonds. The number of anilines is 1. The van der Waals surface area contributed by atoms with E-state index in [0.29, 0.717) is 16.3 Å². The minimum absolute atomic E-state index is 0.0197. The van der Waals surface area contributed by atoms with Crippen molar-refractivity contribution in [1.82, 2.24) is 10.2 Å². The number of carbonyl (C=O) groups excluding carboxylic acids is 2. The van der Waals surface area contributed by atoms with E-state index in [0.717, 1.165) is 14.8 Å². The molecule has 0 aliphatic carbocycles. The number of rotatable bonds is 15. The zero-order chi connectivity index (χ0) is 34.0. The number of thioether (sulfide) groups is 1. The fourth-order valence-corrected chi connectivity index (χ4v) is 7.14. The molecule has 0 fully saturated rings. The van der Waals surface area contributed by atoms with Crippen LogP contribution in [0, 0.1) is 0 Å². The van der Waals surface area contributed by atoms with Crippen LogP contribution in [0.15, 0.2) is 113 Å². The fourth-order valence-electron chi connectivity index (χ4n) is 5.10. The molecule has 47 heavy (non-hydrogen) atoms. The second-order valence-electron chi connectivity index (χ2n) is 11.1. The quantitative estimate of drug-likeness (QED) is 0.137. The predicted molar refractivity (Wildman–Crippen MR) is 190 cm³/mol. The van der Waals surface area contributed by atoms with E-state index in [1.807, 2.05) is 56.5 Å². The molecule has 4 aromatic rings. The molecular weight excluding hydrogens is 654 g/mol. The lowest BCUT2D eigenvalue weighted by Gasteiger charge is -2.34. The van der Waals surface area contributed by atoms with Crippen LogP contribution >= 0.6 is 23.4 Å². The van der Waals surface area contributed by atoms with Crippen LogP contribution in [0.5, 0.6) is 5.75 Å². The summed E-state index contributed by atoms with van der Waals surface area (Å²) in [7, 11) is -4.28. The van der Waals surface area contributed by atoms with Crippen molar-refractivity contribution >= 4 is 50.9 Å². The Labute approximate surface area is 287 Å². The normalized spacial score (nSPS) is 12.0. The second-order valence-corrected chi connectivity index (χ2v) is 14.3. The van der Waals surface area contributed by atoms with E-state index in [2.05, 4.69) is 5.32 Å². The average molecular weight is 694 g/mol. The van der Waals surface area contributed by atoms with Gasteiger partial charge >= 0.3 is 0 Å². The molecule has 4 aromatic carbocycles. The van der Waals surface area contributed by atoms with E-state index >= 15 is 0 Å². The van der Waals surface area contributed by atoms with Crippen molar-refractivity contribution in [2.45, 2.75) is 55.6 Å². The first-order valence-corrected chi connectivity index (χ1v) is 18.3. The zero-order valence-electron chi connectivity index (χ0n) is 26.9. The lowest BCUT2D eigenvalue weighted by atomic mass is 10.0. The Bertz CT molecular complexity index is 1750. The van der Waals surface area contributed by atoms with E-state index in [-0.39, 0.29) is 42.1 Å². The van der Waals surface area contributed by atoms with Gasteiger partial charge in [0.05, 0.1) is 17.2 Å². The first-order valence-electron chi connectivity index (χ1n) is 15.3. The molecule has 0 aliphatic rings. The SMILES string of the molecule is CCOc1ccccc1N(CC(=O)N(Cc1cccc(Cl)c1)C(Cc1ccccc1)C(=O)NC(C)C)S(=O)(=O)c1ccc(SC)cc1. The van der Waals surface area contributed by atoms with Gasteiger partial charge in [-0.15, -0.1) is 11.8 Å². The van der Waals surface area contributed by atoms with Crippen molar-refractivity contribution in [3.8, 4) is 5.75 Å². The van der Waals surface area contributed by atoms with Gasteiger partial charge in [-0.05, 0) is 86.7 Å². The van der Waals surface area contributed by atoms with Gasteiger partial charge in [0.1, 0.15) is 18.3 Å². The van der Waals surface area contributed by atoms with Crippen LogP contribution in [-0.2, 0) is 32.6 Å². The Hall–Kier alpha value is -3.99. The highest BCUT2D eigenvalue weighted by molar-refractivity contribution is 7.98. The summed E-state index contributed by atoms with van der Waals surface area (Å²) >= 11 is 7.82. The smallest absolute Gasteiger partial charge is 0.264 e. The summed E-state index contributed by atoms with van der Waals surface area (Å²) in [4.78, 5) is 30.9. The summed E-state index contributed by atoms with van der Waals surface area (Å²) in [6, 6.07) is 28.5. The molecule has 0 saturated carbocycles. The van der Waals surface area contributed by atoms with E-state index in [1.165, 1.54) is 28.8 Å². The molecule has 11 heteroatoms. The molecule has 4 rings (SSSR count). The molecule has 248 valence electrons. The van der Waals surface area contributed by atoms with Gasteiger partial charge in [-0.25, -0.2) is 8.42 Å². The molecule has 0 saturated heterocycles. The Morgan fingerprint density at radius 2 is 1.55 bits per heavy atom. The minimum Gasteiger partial charge on any atom is -0.492 e. The molecule has 1 atom stereocenters. The van der Waals surface area contributed by atoms with Crippen molar-refractivity contribution in [3.63, 3.8) is 0 Å². The topological polar surface area (TPSA) is 96.0 Å². The Balaban J connectivity index is 1.84. The number of nitrogens with one attached hydrogen (secondary N) is 1. The average Bonchev–Trinajstić information content (AvgIpc) is 3.05. The fraction of sp³-hybridized carbons (Fsp3) is 0.278. The molecule has 0 aromatic heterocycles. The third kappa shape index (κ3) is 9.53. The molecule has 0 heterocycles. The van der Waals surface area contributed by atoms with Crippen LogP contribution in [0.1, 0.15) is 31.9 Å². The van der Waals surface area contributed by atoms with Crippen LogP contribution in [0.3, 0.4) is 0 Å². The van der Waals surface area contributed by atoms with Gasteiger partial charge in [-0.3, -0.25) is 13.9 Å². The number of sulfonamides is 1. The molecule has 0 bridgehead atoms. The highest BCUT2D eigenvalue weighted by Crippen LogP contribution is 2.33. The van der Waals surface area contributed by atoms with Gasteiger partial charge < -0.3 is 15.0 Å². The molecule has 1 unspecified atom stereocenters. The van der Waals surface area contributed by atoms with Gasteiger partial charge in [-0.1, -0.05) is 66.2 Å². The maximum absolute atomic E-state index is 14.6. The first kappa shape index (κ1) is 35.9. The second kappa shape index (κ2) is 16.7. The molecule has 0 radical (unpaired) electrons. The van der Waals surface area contributed by atoms with Crippen molar-refractivity contribution in [2.24, 2.45) is 0 Å². The lowest BCUT2D eigenvalue weighted by molar-refractivity contribution is -0.140. The summed E-state index contributed by atoms with van der Waals surface area (Å²) in [5.41, 5.74) is 1.75. The molecular formula is C36H40ClN3O5S2. The third-order valence-corrected chi connectivity index (χ3v) is 10.1. The van der Waals surface area contributed by atoms with Crippen molar-refractivity contribution in [3.05, 3.63) is 119 Å². The number of benzene rings is 4. The maximum atomic E-state index is 14.6. The first-order chi connectivity index (χ1) is 22.5. The summed E-state index contributed by atoms with van der Waals surface area (Å²) in [5.74, 6) is -0.608. The monoisotopic (exact) mass is 693 g/mol. The maximum Gasteiger partial charge on any atom is 0.264 e. The lowest BCUT2D eigenvalue weighted by Crippen LogP contribution is -2.54. The van der Waals surface area contributed by atoms with Crippen molar-refractivity contribution < 1.29 is 22.7 Å². The Kier molecular flexibility index (Phi) is 12.8. The minimum atomic E-state index is -4.28. The van der Waals surface area contributed by atoms with Crippen LogP contribution in [0.25, 0.3) is 0 Å². The highest BCUT2D eigenvalue weighted by Gasteiger charge is 2.35. The van der Waals surface area contributed by atoms with Gasteiger partial charge in [-0.2, -0.15) is 0 Å². The number of amides is 2. The molecule has 0 spiro atoms. The molecule has 8 nitrogen and oxygen atoms in total. The van der Waals surface area contributed by atoms with Crippen LogP contribution in [0.4, 0.5) is 5.69 Å². The number of carbonyl (C=O) groups is 2. The Morgan fingerprint density at radius 3 is 2.19 bits per heavy atom. The number of para-hydroxylation sites is 2. The van der Waals surface area contributed by atoms with Crippen molar-refractivity contribution in [1.29, 1.82) is 0 Å². The third-order valence-electron chi connectivity index (χ3n) is 7.30. The van der Waals surface area contributed by atoms with Crippen LogP contribution < -0.4 is 14.4 Å². The summed E-state index contributed by atoms with van der Waals surface area (Å²) in [5, 5.41) is 3.44. The number of nitrogens with zero attached hydrogens (tertiary/aromatic N) is 2. The molecule has 0 aliphatic heterocycles. The van der Waals surface area contributed by atoms with E-state index < -0.39 is 28.5 Å². The Morgan fingerprint density at radius 1 is 0.894 bits per heavy atom. The number of hydrogen-bond acceptors (Lipinski definition) is 6. The number of hydrogen-bond donors (Lipinski definition) is 1. The van der Waals surface area contributed by atoms with Crippen LogP contribution in [-0.4, -0.2) is 56.6 Å². The number of halogens is 1. The standard InChI is InChI=1S/C36H40ClN3O5S2/c1-5-45-34-17-10-9-16-32(34)40(47(43,44)31-20-18-30(46-4)19-21-31)25-35(41)39(24-28-14-11-15-29(37)22-28)33(36(42)38-26(2)3)23-27-12-7-6-8-13-27/h6-22,26,33H,5,23-25H2,1-4H3,(H,38,42). The summed E-state index contributed by atoms with van der Waals surface area (Å²) in [6.07, 6.45) is 2.12. The van der Waals surface area contributed by atoms with Gasteiger partial charge in [0, 0.05) is 28.9 Å². The van der Waals surface area contributed by atoms with Gasteiger partial charge in [0.2, 0.25) is 11.8 Å². The molecule has 1 N–H and O–H groups in total. The van der Waals surface area contributed by atoms with E-state index in [4.69, 9.17) is 16.3 Å². The van der Waals surface area contributed by atoms with Crippen molar-refractivity contribution in [2.75, 3.05) is 23.7 Å². The van der Waals surface area contributed by atoms with Gasteiger partial charge in [0.15, 0.2) is 0 Å². The van der Waals surface area contributed by atoms with E-state index in [9.17, 15) is 18.0 Å². The summed E-state index contributed by atoms with van der Waals surface area (Å²) < 4.78 is 35.7. The summed E-state index contributed by atoms with van der Waals surface area (Å²) in [6.45, 7) is 5.22.